The fourth-order valence-corrected chi connectivity index (χ4v) is 3.10. The van der Waals surface area contributed by atoms with Gasteiger partial charge in [0.2, 0.25) is 0 Å². The third kappa shape index (κ3) is 2.79. The Kier molecular flexibility index (Phi) is 3.71. The third-order valence-corrected chi connectivity index (χ3v) is 4.47. The molecule has 0 aliphatic carbocycles. The number of halogens is 1. The Morgan fingerprint density at radius 2 is 2.06 bits per heavy atom. The highest BCUT2D eigenvalue weighted by Gasteiger charge is 2.20. The summed E-state index contributed by atoms with van der Waals surface area (Å²) in [4.78, 5) is 1.29. The van der Waals surface area contributed by atoms with E-state index in [0.717, 1.165) is 4.47 Å². The van der Waals surface area contributed by atoms with Gasteiger partial charge < -0.3 is 5.73 Å². The molecular formula is C14H16BrNS. The second kappa shape index (κ2) is 4.92. The van der Waals surface area contributed by atoms with Gasteiger partial charge in [0, 0.05) is 21.3 Å². The average Bonchev–Trinajstić information content (AvgIpc) is 2.79. The summed E-state index contributed by atoms with van der Waals surface area (Å²) < 4.78 is 1.11. The molecule has 0 radical (unpaired) electrons. The predicted molar refractivity (Wildman–Crippen MR) is 79.5 cm³/mol. The highest BCUT2D eigenvalue weighted by atomic mass is 79.9. The van der Waals surface area contributed by atoms with Crippen molar-refractivity contribution < 1.29 is 0 Å². The van der Waals surface area contributed by atoms with Crippen molar-refractivity contribution in [2.75, 3.05) is 6.54 Å². The normalized spacial score (nSPS) is 11.8. The fourth-order valence-electron chi connectivity index (χ4n) is 1.60. The summed E-state index contributed by atoms with van der Waals surface area (Å²) in [5.74, 6) is 0. The molecule has 1 heterocycles. The Hall–Kier alpha value is -0.640. The molecule has 2 N–H and O–H groups in total. The van der Waals surface area contributed by atoms with E-state index in [1.807, 2.05) is 6.07 Å². The lowest BCUT2D eigenvalue weighted by molar-refractivity contribution is 0.541. The fraction of sp³-hybridized carbons (Fsp3) is 0.286. The van der Waals surface area contributed by atoms with Crippen LogP contribution in [0, 0.1) is 0 Å². The lowest BCUT2D eigenvalue weighted by Gasteiger charge is -2.20. The summed E-state index contributed by atoms with van der Waals surface area (Å²) in [6.07, 6.45) is 0. The van der Waals surface area contributed by atoms with E-state index in [2.05, 4.69) is 59.4 Å². The molecule has 2 aromatic rings. The van der Waals surface area contributed by atoms with E-state index in [1.165, 1.54) is 16.0 Å². The SMILES string of the molecule is CC(C)(CN)c1csc(-c2cccc(Br)c2)c1. The van der Waals surface area contributed by atoms with Gasteiger partial charge >= 0.3 is 0 Å². The second-order valence-corrected chi connectivity index (χ2v) is 6.62. The molecule has 1 aromatic heterocycles. The van der Waals surface area contributed by atoms with Gasteiger partial charge in [-0.15, -0.1) is 11.3 Å². The Balaban J connectivity index is 2.36. The van der Waals surface area contributed by atoms with Gasteiger partial charge in [-0.1, -0.05) is 41.9 Å². The molecule has 90 valence electrons. The second-order valence-electron chi connectivity index (χ2n) is 4.80. The molecule has 0 fully saturated rings. The molecule has 0 unspecified atom stereocenters. The van der Waals surface area contributed by atoms with Gasteiger partial charge in [0.1, 0.15) is 0 Å². The minimum absolute atomic E-state index is 0.0563. The van der Waals surface area contributed by atoms with Crippen LogP contribution in [-0.2, 0) is 5.41 Å². The molecule has 0 spiro atoms. The molecular weight excluding hydrogens is 294 g/mol. The van der Waals surface area contributed by atoms with Crippen molar-refractivity contribution in [1.82, 2.24) is 0 Å². The van der Waals surface area contributed by atoms with E-state index in [4.69, 9.17) is 5.73 Å². The molecule has 3 heteroatoms. The molecule has 1 aromatic carbocycles. The number of nitrogens with two attached hydrogens (primary N) is 1. The van der Waals surface area contributed by atoms with E-state index >= 15 is 0 Å². The first-order valence-corrected chi connectivity index (χ1v) is 7.25. The molecule has 0 saturated carbocycles. The standard InChI is InChI=1S/C14H16BrNS/c1-14(2,9-16)11-7-13(17-8-11)10-4-3-5-12(15)6-10/h3-8H,9,16H2,1-2H3. The zero-order valence-corrected chi connectivity index (χ0v) is 12.4. The minimum atomic E-state index is 0.0563. The van der Waals surface area contributed by atoms with Crippen LogP contribution in [0.15, 0.2) is 40.2 Å². The number of thiophene rings is 1. The van der Waals surface area contributed by atoms with Gasteiger partial charge in [-0.2, -0.15) is 0 Å². The first-order valence-electron chi connectivity index (χ1n) is 5.58. The Labute approximate surface area is 115 Å². The van der Waals surface area contributed by atoms with Crippen LogP contribution in [0.1, 0.15) is 19.4 Å². The van der Waals surface area contributed by atoms with Crippen LogP contribution < -0.4 is 5.73 Å². The van der Waals surface area contributed by atoms with E-state index < -0.39 is 0 Å². The zero-order valence-electron chi connectivity index (χ0n) is 10.0. The maximum Gasteiger partial charge on any atom is 0.0346 e. The third-order valence-electron chi connectivity index (χ3n) is 3.00. The van der Waals surface area contributed by atoms with E-state index in [0.29, 0.717) is 6.54 Å². The molecule has 0 aliphatic rings. The van der Waals surface area contributed by atoms with Crippen molar-refractivity contribution in [2.45, 2.75) is 19.3 Å². The molecule has 0 saturated heterocycles. The first-order chi connectivity index (χ1) is 8.03. The molecule has 17 heavy (non-hydrogen) atoms. The Bertz CT molecular complexity index is 516. The van der Waals surface area contributed by atoms with Crippen molar-refractivity contribution in [3.8, 4) is 10.4 Å². The minimum Gasteiger partial charge on any atom is -0.330 e. The van der Waals surface area contributed by atoms with Gasteiger partial charge in [-0.05, 0) is 34.7 Å². The average molecular weight is 310 g/mol. The van der Waals surface area contributed by atoms with Crippen molar-refractivity contribution >= 4 is 27.3 Å². The van der Waals surface area contributed by atoms with Crippen LogP contribution in [0.4, 0.5) is 0 Å². The van der Waals surface area contributed by atoms with Crippen molar-refractivity contribution in [3.63, 3.8) is 0 Å². The Morgan fingerprint density at radius 3 is 2.71 bits per heavy atom. The molecule has 0 amide bonds. The maximum absolute atomic E-state index is 5.81. The lowest BCUT2D eigenvalue weighted by Crippen LogP contribution is -2.27. The lowest BCUT2D eigenvalue weighted by atomic mass is 9.86. The highest BCUT2D eigenvalue weighted by Crippen LogP contribution is 2.33. The van der Waals surface area contributed by atoms with Crippen molar-refractivity contribution in [1.29, 1.82) is 0 Å². The van der Waals surface area contributed by atoms with Crippen LogP contribution in [-0.4, -0.2) is 6.54 Å². The van der Waals surface area contributed by atoms with Crippen LogP contribution in [0.25, 0.3) is 10.4 Å². The monoisotopic (exact) mass is 309 g/mol. The summed E-state index contributed by atoms with van der Waals surface area (Å²) in [6.45, 7) is 5.03. The Morgan fingerprint density at radius 1 is 1.29 bits per heavy atom. The van der Waals surface area contributed by atoms with Gasteiger partial charge in [-0.25, -0.2) is 0 Å². The molecule has 1 nitrogen and oxygen atoms in total. The summed E-state index contributed by atoms with van der Waals surface area (Å²) in [6, 6.07) is 10.6. The topological polar surface area (TPSA) is 26.0 Å². The van der Waals surface area contributed by atoms with Crippen molar-refractivity contribution in [3.05, 3.63) is 45.7 Å². The van der Waals surface area contributed by atoms with Gasteiger partial charge in [-0.3, -0.25) is 0 Å². The highest BCUT2D eigenvalue weighted by molar-refractivity contribution is 9.10. The van der Waals surface area contributed by atoms with Crippen LogP contribution in [0.5, 0.6) is 0 Å². The van der Waals surface area contributed by atoms with E-state index in [1.54, 1.807) is 11.3 Å². The molecule has 0 aliphatic heterocycles. The number of rotatable bonds is 3. The summed E-state index contributed by atoms with van der Waals surface area (Å²) >= 11 is 5.28. The molecule has 2 rings (SSSR count). The zero-order chi connectivity index (χ0) is 12.5. The van der Waals surface area contributed by atoms with Crippen LogP contribution in [0.2, 0.25) is 0 Å². The summed E-state index contributed by atoms with van der Waals surface area (Å²) in [7, 11) is 0. The smallest absolute Gasteiger partial charge is 0.0346 e. The van der Waals surface area contributed by atoms with Crippen LogP contribution in [0.3, 0.4) is 0 Å². The quantitative estimate of drug-likeness (QED) is 0.892. The largest absolute Gasteiger partial charge is 0.330 e. The van der Waals surface area contributed by atoms with Gasteiger partial charge in [0.05, 0.1) is 0 Å². The van der Waals surface area contributed by atoms with Gasteiger partial charge in [0.25, 0.3) is 0 Å². The number of hydrogen-bond acceptors (Lipinski definition) is 2. The van der Waals surface area contributed by atoms with E-state index in [9.17, 15) is 0 Å². The van der Waals surface area contributed by atoms with Crippen LogP contribution >= 0.6 is 27.3 Å². The van der Waals surface area contributed by atoms with Crippen molar-refractivity contribution in [2.24, 2.45) is 5.73 Å². The van der Waals surface area contributed by atoms with Gasteiger partial charge in [0.15, 0.2) is 0 Å². The molecule has 0 atom stereocenters. The summed E-state index contributed by atoms with van der Waals surface area (Å²) in [5.41, 5.74) is 8.44. The predicted octanol–water partition coefficient (Wildman–Crippen LogP) is 4.41. The number of hydrogen-bond donors (Lipinski definition) is 1. The first kappa shape index (κ1) is 12.8. The molecule has 0 bridgehead atoms. The van der Waals surface area contributed by atoms with E-state index in [-0.39, 0.29) is 5.41 Å². The summed E-state index contributed by atoms with van der Waals surface area (Å²) in [5, 5.41) is 2.21. The number of benzene rings is 1. The maximum atomic E-state index is 5.81.